The summed E-state index contributed by atoms with van der Waals surface area (Å²) in [6.45, 7) is 3.78. The zero-order valence-corrected chi connectivity index (χ0v) is 44.8. The van der Waals surface area contributed by atoms with Gasteiger partial charge in [0, 0.05) is 6.42 Å². The number of unbranched alkanes of at least 4 members (excludes halogenated alkanes) is 34. The van der Waals surface area contributed by atoms with Crippen LogP contribution in [0.4, 0.5) is 0 Å². The Bertz CT molecular complexity index is 1220. The van der Waals surface area contributed by atoms with E-state index in [2.05, 4.69) is 55.6 Å². The molecule has 1 heterocycles. The van der Waals surface area contributed by atoms with Gasteiger partial charge in [0.1, 0.15) is 24.4 Å². The van der Waals surface area contributed by atoms with Crippen LogP contribution in [-0.4, -0.2) is 87.5 Å². The third-order valence-electron chi connectivity index (χ3n) is 13.9. The smallest absolute Gasteiger partial charge is 0.220 e. The lowest BCUT2D eigenvalue weighted by molar-refractivity contribution is -0.302. The molecular weight excluding hydrogens is 863 g/mol. The number of ether oxygens (including phenoxy) is 2. The Labute approximate surface area is 424 Å². The Kier molecular flexibility index (Phi) is 47.0. The Morgan fingerprint density at radius 3 is 1.22 bits per heavy atom. The Hall–Kier alpha value is -1.85. The number of carbonyl (C=O) groups excluding carboxylic acids is 1. The average molecular weight is 975 g/mol. The van der Waals surface area contributed by atoms with Gasteiger partial charge in [0.15, 0.2) is 6.29 Å². The van der Waals surface area contributed by atoms with Crippen molar-refractivity contribution >= 4 is 5.91 Å². The number of aliphatic hydroxyl groups is 5. The molecule has 1 saturated heterocycles. The molecular formula is C60H111NO8. The molecule has 9 nitrogen and oxygen atoms in total. The molecule has 0 spiro atoms. The molecule has 69 heavy (non-hydrogen) atoms. The first-order valence-electron chi connectivity index (χ1n) is 29.4. The molecule has 0 saturated carbocycles. The van der Waals surface area contributed by atoms with Gasteiger partial charge < -0.3 is 40.3 Å². The van der Waals surface area contributed by atoms with Crippen molar-refractivity contribution < 1.29 is 39.8 Å². The number of allylic oxidation sites excluding steroid dienone is 7. The van der Waals surface area contributed by atoms with Crippen molar-refractivity contribution in [3.8, 4) is 0 Å². The van der Waals surface area contributed by atoms with Gasteiger partial charge in [-0.1, -0.05) is 242 Å². The minimum Gasteiger partial charge on any atom is -0.394 e. The molecule has 6 N–H and O–H groups in total. The van der Waals surface area contributed by atoms with E-state index < -0.39 is 49.5 Å². The summed E-state index contributed by atoms with van der Waals surface area (Å²) in [6, 6.07) is -0.830. The molecule has 1 rings (SSSR count). The van der Waals surface area contributed by atoms with Crippen LogP contribution in [0.3, 0.4) is 0 Å². The van der Waals surface area contributed by atoms with Gasteiger partial charge in [-0.05, 0) is 70.6 Å². The van der Waals surface area contributed by atoms with Gasteiger partial charge in [-0.2, -0.15) is 0 Å². The second kappa shape index (κ2) is 49.7. The second-order valence-electron chi connectivity index (χ2n) is 20.4. The molecule has 0 aromatic carbocycles. The van der Waals surface area contributed by atoms with Crippen LogP contribution in [0.25, 0.3) is 0 Å². The first-order valence-corrected chi connectivity index (χ1v) is 29.4. The van der Waals surface area contributed by atoms with Crippen LogP contribution in [0, 0.1) is 0 Å². The van der Waals surface area contributed by atoms with Gasteiger partial charge in [0.2, 0.25) is 5.91 Å². The van der Waals surface area contributed by atoms with Crippen molar-refractivity contribution in [2.75, 3.05) is 13.2 Å². The highest BCUT2D eigenvalue weighted by atomic mass is 16.7. The zero-order chi connectivity index (χ0) is 50.1. The molecule has 0 radical (unpaired) electrons. The summed E-state index contributed by atoms with van der Waals surface area (Å²) >= 11 is 0. The van der Waals surface area contributed by atoms with Gasteiger partial charge in [0.25, 0.3) is 0 Å². The summed E-state index contributed by atoms with van der Waals surface area (Å²) in [5.41, 5.74) is 0. The minimum absolute atomic E-state index is 0.192. The van der Waals surface area contributed by atoms with Crippen LogP contribution < -0.4 is 5.32 Å². The lowest BCUT2D eigenvalue weighted by Gasteiger charge is -2.40. The number of amides is 1. The van der Waals surface area contributed by atoms with Crippen molar-refractivity contribution in [2.45, 2.75) is 314 Å². The maximum atomic E-state index is 13.0. The molecule has 0 aliphatic carbocycles. The third kappa shape index (κ3) is 39.4. The predicted octanol–water partition coefficient (Wildman–Crippen LogP) is 14.5. The molecule has 1 amide bonds. The lowest BCUT2D eigenvalue weighted by atomic mass is 9.99. The topological polar surface area (TPSA) is 149 Å². The maximum absolute atomic E-state index is 13.0. The number of hydrogen-bond donors (Lipinski definition) is 6. The molecule has 0 aromatic heterocycles. The van der Waals surface area contributed by atoms with E-state index in [1.165, 1.54) is 205 Å². The van der Waals surface area contributed by atoms with Gasteiger partial charge in [0.05, 0.1) is 25.4 Å². The highest BCUT2D eigenvalue weighted by Gasteiger charge is 2.44. The summed E-state index contributed by atoms with van der Waals surface area (Å²) in [5, 5.41) is 54.5. The van der Waals surface area contributed by atoms with Crippen molar-refractivity contribution in [3.05, 3.63) is 48.6 Å². The number of hydrogen-bond acceptors (Lipinski definition) is 8. The fourth-order valence-electron chi connectivity index (χ4n) is 9.18. The van der Waals surface area contributed by atoms with E-state index in [9.17, 15) is 30.3 Å². The van der Waals surface area contributed by atoms with E-state index in [0.717, 1.165) is 44.9 Å². The van der Waals surface area contributed by atoms with Crippen LogP contribution in [0.1, 0.15) is 271 Å². The maximum Gasteiger partial charge on any atom is 0.220 e. The standard InChI is InChI=1S/C60H111NO8/c1-3-5-7-9-11-13-15-17-19-21-23-24-25-26-27-28-29-30-32-33-35-37-39-41-43-45-47-49-54(63)53(52-68-60-59(67)58(66)57(65)55(51-62)69-60)61-56(64)50-48-46-44-42-40-38-36-34-31-22-20-18-16-14-12-10-8-6-4-2/h18,20,32-33,39,41,47,49,53-55,57-60,62-63,65-67H,3-17,19,21-31,34-38,40,42-46,48,50-52H2,1-2H3,(H,61,64)/b20-18-,33-32+,41-39+,49-47+. The molecule has 0 bridgehead atoms. The van der Waals surface area contributed by atoms with Gasteiger partial charge in [-0.25, -0.2) is 0 Å². The second-order valence-corrected chi connectivity index (χ2v) is 20.4. The van der Waals surface area contributed by atoms with Crippen molar-refractivity contribution in [1.82, 2.24) is 5.32 Å². The quantitative estimate of drug-likeness (QED) is 0.0261. The molecule has 9 heteroatoms. The summed E-state index contributed by atoms with van der Waals surface area (Å²) in [5.74, 6) is -0.192. The van der Waals surface area contributed by atoms with E-state index in [1.807, 2.05) is 6.08 Å². The molecule has 7 atom stereocenters. The van der Waals surface area contributed by atoms with E-state index >= 15 is 0 Å². The molecule has 1 fully saturated rings. The largest absolute Gasteiger partial charge is 0.394 e. The normalized spacial score (nSPS) is 19.8. The average Bonchev–Trinajstić information content (AvgIpc) is 3.35. The SMILES string of the molecule is CCCCCCCC/C=C\CCCCCCCCCCCC(=O)NC(COC1OC(CO)C(O)C(O)C1O)C(O)/C=C/CC/C=C/CC/C=C/CCCCCCCCCCCCCCCCCCC. The fourth-order valence-corrected chi connectivity index (χ4v) is 9.18. The Morgan fingerprint density at radius 2 is 0.826 bits per heavy atom. The van der Waals surface area contributed by atoms with Gasteiger partial charge in [-0.3, -0.25) is 4.79 Å². The first kappa shape index (κ1) is 65.2. The van der Waals surface area contributed by atoms with Crippen LogP contribution in [-0.2, 0) is 14.3 Å². The molecule has 7 unspecified atom stereocenters. The van der Waals surface area contributed by atoms with Crippen LogP contribution in [0.15, 0.2) is 48.6 Å². The lowest BCUT2D eigenvalue weighted by Crippen LogP contribution is -2.60. The predicted molar refractivity (Wildman–Crippen MR) is 290 cm³/mol. The number of carbonyl (C=O) groups is 1. The number of rotatable bonds is 50. The van der Waals surface area contributed by atoms with Crippen LogP contribution in [0.2, 0.25) is 0 Å². The molecule has 1 aliphatic rings. The van der Waals surface area contributed by atoms with Crippen LogP contribution >= 0.6 is 0 Å². The van der Waals surface area contributed by atoms with Crippen LogP contribution in [0.5, 0.6) is 0 Å². The van der Waals surface area contributed by atoms with Crippen molar-refractivity contribution in [2.24, 2.45) is 0 Å². The molecule has 404 valence electrons. The summed E-state index contributed by atoms with van der Waals surface area (Å²) in [4.78, 5) is 13.0. The van der Waals surface area contributed by atoms with E-state index in [0.29, 0.717) is 6.42 Å². The number of aliphatic hydroxyl groups excluding tert-OH is 5. The monoisotopic (exact) mass is 974 g/mol. The number of nitrogens with one attached hydrogen (secondary N) is 1. The Balaban J connectivity index is 2.26. The molecule has 1 aliphatic heterocycles. The van der Waals surface area contributed by atoms with Crippen molar-refractivity contribution in [3.63, 3.8) is 0 Å². The van der Waals surface area contributed by atoms with E-state index in [1.54, 1.807) is 6.08 Å². The third-order valence-corrected chi connectivity index (χ3v) is 13.9. The fraction of sp³-hybridized carbons (Fsp3) is 0.850. The van der Waals surface area contributed by atoms with Crippen molar-refractivity contribution in [1.29, 1.82) is 0 Å². The van der Waals surface area contributed by atoms with Gasteiger partial charge in [-0.15, -0.1) is 0 Å². The first-order chi connectivity index (χ1) is 33.8. The molecule has 0 aromatic rings. The van der Waals surface area contributed by atoms with E-state index in [4.69, 9.17) is 9.47 Å². The minimum atomic E-state index is -1.58. The highest BCUT2D eigenvalue weighted by Crippen LogP contribution is 2.23. The van der Waals surface area contributed by atoms with Gasteiger partial charge >= 0.3 is 0 Å². The summed E-state index contributed by atoms with van der Waals surface area (Å²) in [6.07, 6.45) is 59.0. The van der Waals surface area contributed by atoms with E-state index in [-0.39, 0.29) is 12.5 Å². The Morgan fingerprint density at radius 1 is 0.478 bits per heavy atom. The summed E-state index contributed by atoms with van der Waals surface area (Å²) < 4.78 is 11.3. The highest BCUT2D eigenvalue weighted by molar-refractivity contribution is 5.76. The zero-order valence-electron chi connectivity index (χ0n) is 44.8. The summed E-state index contributed by atoms with van der Waals surface area (Å²) in [7, 11) is 0.